The maximum atomic E-state index is 9.82. The molecule has 0 aromatic rings. The number of halogens is 1. The molecule has 84 valence electrons. The Bertz CT molecular complexity index is 316. The van der Waals surface area contributed by atoms with Crippen LogP contribution in [0.3, 0.4) is 0 Å². The lowest BCUT2D eigenvalue weighted by molar-refractivity contribution is 0.158. The summed E-state index contributed by atoms with van der Waals surface area (Å²) >= 11 is 3.48. The van der Waals surface area contributed by atoms with Crippen LogP contribution >= 0.6 is 15.9 Å². The van der Waals surface area contributed by atoms with E-state index in [0.29, 0.717) is 5.92 Å². The van der Waals surface area contributed by atoms with Gasteiger partial charge in [-0.1, -0.05) is 34.5 Å². The lowest BCUT2D eigenvalue weighted by Crippen LogP contribution is -2.33. The molecule has 0 aromatic heterocycles. The Morgan fingerprint density at radius 3 is 3.00 bits per heavy atom. The smallest absolute Gasteiger partial charge is 0.0727 e. The fourth-order valence-corrected chi connectivity index (χ4v) is 3.98. The second-order valence-electron chi connectivity index (χ2n) is 5.08. The van der Waals surface area contributed by atoms with E-state index < -0.39 is 0 Å². The monoisotopic (exact) mass is 270 g/mol. The summed E-state index contributed by atoms with van der Waals surface area (Å²) in [5, 5.41) is 9.82. The first kappa shape index (κ1) is 11.4. The van der Waals surface area contributed by atoms with Gasteiger partial charge in [-0.15, -0.1) is 0 Å². The Labute approximate surface area is 100 Å². The summed E-state index contributed by atoms with van der Waals surface area (Å²) in [6.45, 7) is 4.21. The van der Waals surface area contributed by atoms with Gasteiger partial charge in [0.15, 0.2) is 0 Å². The van der Waals surface area contributed by atoms with Crippen molar-refractivity contribution in [3.05, 3.63) is 22.2 Å². The Kier molecular flexibility index (Phi) is 3.09. The molecule has 1 unspecified atom stereocenters. The van der Waals surface area contributed by atoms with Crippen LogP contribution in [0.5, 0.6) is 0 Å². The van der Waals surface area contributed by atoms with Crippen molar-refractivity contribution < 1.29 is 5.11 Å². The molecule has 2 heteroatoms. The Balaban J connectivity index is 2.32. The summed E-state index contributed by atoms with van der Waals surface area (Å²) < 4.78 is 0. The predicted molar refractivity (Wildman–Crippen MR) is 66.8 cm³/mol. The summed E-state index contributed by atoms with van der Waals surface area (Å²) in [4.78, 5) is 2.11. The van der Waals surface area contributed by atoms with E-state index in [9.17, 15) is 5.11 Å². The maximum absolute atomic E-state index is 9.82. The van der Waals surface area contributed by atoms with Crippen LogP contribution in [0.15, 0.2) is 22.2 Å². The number of allylic oxidation sites excluding steroid dienone is 2. The molecule has 0 bridgehead atoms. The lowest BCUT2D eigenvalue weighted by Gasteiger charge is -2.41. The molecule has 2 aliphatic carbocycles. The molecule has 0 saturated heterocycles. The van der Waals surface area contributed by atoms with E-state index in [4.69, 9.17) is 0 Å². The van der Waals surface area contributed by atoms with Gasteiger partial charge in [-0.05, 0) is 54.5 Å². The van der Waals surface area contributed by atoms with E-state index >= 15 is 0 Å². The predicted octanol–water partition coefficient (Wildman–Crippen LogP) is 3.78. The van der Waals surface area contributed by atoms with E-state index in [0.717, 1.165) is 6.42 Å². The first-order valence-corrected chi connectivity index (χ1v) is 6.69. The zero-order chi connectivity index (χ0) is 11.1. The number of hydrogen-bond donors (Lipinski definition) is 1. The standard InChI is InChI=1S/C13H19BrO/c1-9(15)11-5-6-12-10(8-14)4-3-7-13(11,12)2/h5,8-9,12,15H,3-4,6-7H2,1-2H3/b10-8+/t9-,12?,13+/m0/s1. The van der Waals surface area contributed by atoms with Crippen molar-refractivity contribution in [3.8, 4) is 0 Å². The van der Waals surface area contributed by atoms with Crippen molar-refractivity contribution in [2.45, 2.75) is 45.6 Å². The minimum absolute atomic E-state index is 0.214. The highest BCUT2D eigenvalue weighted by atomic mass is 79.9. The maximum Gasteiger partial charge on any atom is 0.0727 e. The van der Waals surface area contributed by atoms with Crippen molar-refractivity contribution in [1.82, 2.24) is 0 Å². The van der Waals surface area contributed by atoms with Gasteiger partial charge < -0.3 is 5.11 Å². The van der Waals surface area contributed by atoms with Gasteiger partial charge in [-0.25, -0.2) is 0 Å². The Morgan fingerprint density at radius 1 is 1.67 bits per heavy atom. The van der Waals surface area contributed by atoms with Gasteiger partial charge >= 0.3 is 0 Å². The minimum Gasteiger partial charge on any atom is -0.389 e. The number of aliphatic hydroxyl groups excluding tert-OH is 1. The highest BCUT2D eigenvalue weighted by Crippen LogP contribution is 2.55. The molecule has 3 atom stereocenters. The van der Waals surface area contributed by atoms with E-state index in [1.165, 1.54) is 30.4 Å². The van der Waals surface area contributed by atoms with E-state index in [1.807, 2.05) is 6.92 Å². The van der Waals surface area contributed by atoms with Crippen molar-refractivity contribution in [2.24, 2.45) is 11.3 Å². The average molecular weight is 271 g/mol. The molecular weight excluding hydrogens is 252 g/mol. The van der Waals surface area contributed by atoms with Gasteiger partial charge in [0.1, 0.15) is 0 Å². The van der Waals surface area contributed by atoms with Crippen molar-refractivity contribution in [1.29, 1.82) is 0 Å². The molecule has 0 aliphatic heterocycles. The Morgan fingerprint density at radius 2 is 2.40 bits per heavy atom. The van der Waals surface area contributed by atoms with Gasteiger partial charge in [-0.3, -0.25) is 0 Å². The SMILES string of the molecule is C[C@H](O)C1=CCC2/C(=C/Br)CCC[C@]12C. The molecule has 0 aromatic carbocycles. The number of rotatable bonds is 1. The van der Waals surface area contributed by atoms with Crippen LogP contribution in [0.4, 0.5) is 0 Å². The third kappa shape index (κ3) is 1.72. The molecule has 1 fully saturated rings. The van der Waals surface area contributed by atoms with Crippen LogP contribution < -0.4 is 0 Å². The quantitative estimate of drug-likeness (QED) is 0.719. The highest BCUT2D eigenvalue weighted by molar-refractivity contribution is 9.11. The molecule has 15 heavy (non-hydrogen) atoms. The van der Waals surface area contributed by atoms with Crippen LogP contribution in [0.25, 0.3) is 0 Å². The second-order valence-corrected chi connectivity index (χ2v) is 5.54. The second kappa shape index (κ2) is 4.06. The van der Waals surface area contributed by atoms with Crippen LogP contribution in [-0.4, -0.2) is 11.2 Å². The fraction of sp³-hybridized carbons (Fsp3) is 0.692. The molecule has 1 nitrogen and oxygen atoms in total. The van der Waals surface area contributed by atoms with Crippen molar-refractivity contribution in [2.75, 3.05) is 0 Å². The summed E-state index contributed by atoms with van der Waals surface area (Å²) in [6.07, 6.45) is 6.76. The van der Waals surface area contributed by atoms with Crippen molar-refractivity contribution in [3.63, 3.8) is 0 Å². The van der Waals surface area contributed by atoms with Crippen LogP contribution in [0.1, 0.15) is 39.5 Å². The number of hydrogen-bond acceptors (Lipinski definition) is 1. The van der Waals surface area contributed by atoms with Crippen LogP contribution in [-0.2, 0) is 0 Å². The zero-order valence-electron chi connectivity index (χ0n) is 9.46. The number of aliphatic hydroxyl groups is 1. The van der Waals surface area contributed by atoms with Gasteiger partial charge in [0.2, 0.25) is 0 Å². The molecule has 2 aliphatic rings. The molecule has 2 rings (SSSR count). The normalized spacial score (nSPS) is 40.1. The summed E-state index contributed by atoms with van der Waals surface area (Å²) in [5.74, 6) is 0.621. The largest absolute Gasteiger partial charge is 0.389 e. The number of fused-ring (bicyclic) bond motifs is 1. The van der Waals surface area contributed by atoms with Gasteiger partial charge in [0.05, 0.1) is 6.10 Å². The van der Waals surface area contributed by atoms with Gasteiger partial charge in [0, 0.05) is 0 Å². The summed E-state index contributed by atoms with van der Waals surface area (Å²) in [7, 11) is 0. The molecule has 0 radical (unpaired) electrons. The zero-order valence-corrected chi connectivity index (χ0v) is 11.0. The van der Waals surface area contributed by atoms with E-state index in [1.54, 1.807) is 0 Å². The highest BCUT2D eigenvalue weighted by Gasteiger charge is 2.45. The first-order valence-electron chi connectivity index (χ1n) is 5.77. The van der Waals surface area contributed by atoms with E-state index in [-0.39, 0.29) is 11.5 Å². The van der Waals surface area contributed by atoms with Gasteiger partial charge in [0.25, 0.3) is 0 Å². The van der Waals surface area contributed by atoms with E-state index in [2.05, 4.69) is 33.9 Å². The molecule has 0 amide bonds. The summed E-state index contributed by atoms with van der Waals surface area (Å²) in [6, 6.07) is 0. The summed E-state index contributed by atoms with van der Waals surface area (Å²) in [5.41, 5.74) is 3.00. The molecule has 0 heterocycles. The molecule has 0 spiro atoms. The van der Waals surface area contributed by atoms with Crippen LogP contribution in [0, 0.1) is 11.3 Å². The van der Waals surface area contributed by atoms with Crippen LogP contribution in [0.2, 0.25) is 0 Å². The Hall–Kier alpha value is -0.0800. The minimum atomic E-state index is -0.283. The fourth-order valence-electron chi connectivity index (χ4n) is 3.43. The molecule has 1 N–H and O–H groups in total. The topological polar surface area (TPSA) is 20.2 Å². The van der Waals surface area contributed by atoms with Gasteiger partial charge in [-0.2, -0.15) is 0 Å². The molecule has 1 saturated carbocycles. The third-order valence-corrected chi connectivity index (χ3v) is 4.79. The average Bonchev–Trinajstić information content (AvgIpc) is 2.54. The molecular formula is C13H19BrO. The lowest BCUT2D eigenvalue weighted by atomic mass is 9.64. The van der Waals surface area contributed by atoms with Crippen molar-refractivity contribution >= 4 is 15.9 Å². The first-order chi connectivity index (χ1) is 7.09. The third-order valence-electron chi connectivity index (χ3n) is 4.20.